The van der Waals surface area contributed by atoms with Crippen molar-refractivity contribution < 1.29 is 4.79 Å². The van der Waals surface area contributed by atoms with E-state index in [1.165, 1.54) is 28.2 Å². The summed E-state index contributed by atoms with van der Waals surface area (Å²) in [6.07, 6.45) is 4.34. The number of hydrogen-bond donors (Lipinski definition) is 1. The first-order valence-corrected chi connectivity index (χ1v) is 10.4. The molecule has 1 amide bonds. The maximum Gasteiger partial charge on any atom is 0.273 e. The number of amides is 1. The molecule has 0 radical (unpaired) electrons. The third-order valence-corrected chi connectivity index (χ3v) is 6.84. The molecule has 25 heavy (non-hydrogen) atoms. The number of hydrogen-bond acceptors (Lipinski definition) is 5. The Balaban J connectivity index is 1.48. The van der Waals surface area contributed by atoms with Gasteiger partial charge in [0.25, 0.3) is 5.91 Å². The lowest BCUT2D eigenvalue weighted by atomic mass is 9.72. The van der Waals surface area contributed by atoms with E-state index in [4.69, 9.17) is 0 Å². The Labute approximate surface area is 153 Å². The van der Waals surface area contributed by atoms with E-state index in [0.717, 1.165) is 44.5 Å². The van der Waals surface area contributed by atoms with E-state index in [2.05, 4.69) is 32.0 Å². The summed E-state index contributed by atoms with van der Waals surface area (Å²) >= 11 is 3.17. The van der Waals surface area contributed by atoms with Crippen LogP contribution in [0.2, 0.25) is 0 Å². The maximum absolute atomic E-state index is 12.7. The number of H-pyrrole nitrogens is 1. The zero-order valence-corrected chi connectivity index (χ0v) is 15.3. The molecule has 1 fully saturated rings. The second-order valence-electron chi connectivity index (χ2n) is 6.92. The summed E-state index contributed by atoms with van der Waals surface area (Å²) in [7, 11) is 0. The van der Waals surface area contributed by atoms with Gasteiger partial charge in [0, 0.05) is 46.1 Å². The second-order valence-corrected chi connectivity index (χ2v) is 8.42. The number of carbonyl (C=O) groups excluding carboxylic acids is 1. The number of nitrogens with one attached hydrogen (secondary N) is 1. The fourth-order valence-electron chi connectivity index (χ4n) is 4.35. The molecule has 1 unspecified atom stereocenters. The van der Waals surface area contributed by atoms with Crippen molar-refractivity contribution >= 4 is 28.6 Å². The molecule has 1 aliphatic heterocycles. The molecule has 1 aliphatic carbocycles. The van der Waals surface area contributed by atoms with Crippen LogP contribution in [-0.4, -0.2) is 39.1 Å². The highest BCUT2D eigenvalue weighted by Crippen LogP contribution is 2.45. The van der Waals surface area contributed by atoms with Crippen LogP contribution in [0.5, 0.6) is 0 Å². The van der Waals surface area contributed by atoms with E-state index in [-0.39, 0.29) is 11.3 Å². The quantitative estimate of drug-likeness (QED) is 0.748. The number of likely N-dealkylation sites (tertiary alicyclic amines) is 1. The van der Waals surface area contributed by atoms with Crippen molar-refractivity contribution in [2.24, 2.45) is 0 Å². The molecular weight excluding hydrogens is 352 g/mol. The lowest BCUT2D eigenvalue weighted by molar-refractivity contribution is 0.0776. The van der Waals surface area contributed by atoms with E-state index >= 15 is 0 Å². The molecule has 1 saturated heterocycles. The summed E-state index contributed by atoms with van der Waals surface area (Å²) in [5.41, 5.74) is 7.23. The van der Waals surface area contributed by atoms with Gasteiger partial charge in [-0.15, -0.1) is 11.3 Å². The molecule has 3 aromatic rings. The molecule has 128 valence electrons. The van der Waals surface area contributed by atoms with Gasteiger partial charge >= 0.3 is 0 Å². The van der Waals surface area contributed by atoms with E-state index in [1.807, 2.05) is 10.3 Å². The van der Waals surface area contributed by atoms with Gasteiger partial charge in [-0.2, -0.15) is 16.4 Å². The average molecular weight is 371 g/mol. The van der Waals surface area contributed by atoms with E-state index in [9.17, 15) is 4.79 Å². The molecule has 4 heterocycles. The third-order valence-electron chi connectivity index (χ3n) is 5.57. The van der Waals surface area contributed by atoms with E-state index in [1.54, 1.807) is 16.8 Å². The van der Waals surface area contributed by atoms with Gasteiger partial charge < -0.3 is 4.90 Å². The van der Waals surface area contributed by atoms with Crippen molar-refractivity contribution in [2.75, 3.05) is 13.1 Å². The lowest BCUT2D eigenvalue weighted by Crippen LogP contribution is -2.37. The van der Waals surface area contributed by atoms with Gasteiger partial charge in [0.2, 0.25) is 0 Å². The number of nitrogens with zero attached hydrogens (tertiary/aromatic N) is 3. The fraction of sp³-hybridized carbons (Fsp3) is 0.389. The lowest BCUT2D eigenvalue weighted by Gasteiger charge is -2.33. The molecule has 0 aromatic carbocycles. The van der Waals surface area contributed by atoms with Crippen LogP contribution in [0.4, 0.5) is 0 Å². The molecule has 5 rings (SSSR count). The Morgan fingerprint density at radius 2 is 2.24 bits per heavy atom. The SMILES string of the molecule is O=C(c1cscn1)N1CCC2(CCCc3c(-c4ccsc4)n[nH]c32)C1. The average Bonchev–Trinajstić information content (AvgIpc) is 3.40. The van der Waals surface area contributed by atoms with Gasteiger partial charge in [0.1, 0.15) is 5.69 Å². The number of thiophene rings is 1. The van der Waals surface area contributed by atoms with Crippen LogP contribution in [0.1, 0.15) is 41.0 Å². The van der Waals surface area contributed by atoms with Crippen LogP contribution in [0.25, 0.3) is 11.3 Å². The van der Waals surface area contributed by atoms with Gasteiger partial charge in [-0.1, -0.05) is 0 Å². The van der Waals surface area contributed by atoms with E-state index < -0.39 is 0 Å². The van der Waals surface area contributed by atoms with E-state index in [0.29, 0.717) is 5.69 Å². The highest BCUT2D eigenvalue weighted by Gasteiger charge is 2.46. The summed E-state index contributed by atoms with van der Waals surface area (Å²) in [6, 6.07) is 2.13. The molecular formula is C18H18N4OS2. The van der Waals surface area contributed by atoms with Crippen LogP contribution >= 0.6 is 22.7 Å². The van der Waals surface area contributed by atoms with Crippen LogP contribution in [0.3, 0.4) is 0 Å². The van der Waals surface area contributed by atoms with Crippen LogP contribution in [-0.2, 0) is 11.8 Å². The van der Waals surface area contributed by atoms with Crippen LogP contribution < -0.4 is 0 Å². The minimum Gasteiger partial charge on any atom is -0.336 e. The Morgan fingerprint density at radius 1 is 1.28 bits per heavy atom. The van der Waals surface area contributed by atoms with Gasteiger partial charge in [-0.25, -0.2) is 4.98 Å². The van der Waals surface area contributed by atoms with Gasteiger partial charge in [0.15, 0.2) is 0 Å². The highest BCUT2D eigenvalue weighted by atomic mass is 32.1. The first-order chi connectivity index (χ1) is 12.3. The predicted octanol–water partition coefficient (Wildman–Crippen LogP) is 3.71. The molecule has 5 nitrogen and oxygen atoms in total. The molecule has 3 aromatic heterocycles. The number of rotatable bonds is 2. The van der Waals surface area contributed by atoms with Gasteiger partial charge in [-0.3, -0.25) is 9.89 Å². The summed E-state index contributed by atoms with van der Waals surface area (Å²) in [5, 5.41) is 14.1. The number of thiazole rings is 1. The Hall–Kier alpha value is -1.99. The third kappa shape index (κ3) is 2.37. The molecule has 7 heteroatoms. The second kappa shape index (κ2) is 5.78. The minimum atomic E-state index is 0.0283. The number of carbonyl (C=O) groups is 1. The number of aromatic amines is 1. The normalized spacial score (nSPS) is 22.5. The number of fused-ring (bicyclic) bond motifs is 2. The molecule has 0 bridgehead atoms. The molecule has 1 atom stereocenters. The Bertz CT molecular complexity index is 900. The topological polar surface area (TPSA) is 61.9 Å². The first kappa shape index (κ1) is 15.3. The van der Waals surface area contributed by atoms with Crippen molar-refractivity contribution in [3.05, 3.63) is 44.7 Å². The number of aromatic nitrogens is 3. The van der Waals surface area contributed by atoms with Gasteiger partial charge in [0.05, 0.1) is 11.2 Å². The summed E-state index contributed by atoms with van der Waals surface area (Å²) in [5.74, 6) is 0.0582. The molecule has 1 N–H and O–H groups in total. The largest absolute Gasteiger partial charge is 0.336 e. The zero-order valence-electron chi connectivity index (χ0n) is 13.7. The molecule has 2 aliphatic rings. The smallest absolute Gasteiger partial charge is 0.273 e. The Kier molecular flexibility index (Phi) is 3.53. The maximum atomic E-state index is 12.7. The molecule has 0 saturated carbocycles. The van der Waals surface area contributed by atoms with Crippen LogP contribution in [0, 0.1) is 0 Å². The van der Waals surface area contributed by atoms with Crippen LogP contribution in [0.15, 0.2) is 27.7 Å². The Morgan fingerprint density at radius 3 is 3.04 bits per heavy atom. The monoisotopic (exact) mass is 370 g/mol. The van der Waals surface area contributed by atoms with Gasteiger partial charge in [-0.05, 0) is 37.1 Å². The van der Waals surface area contributed by atoms with Crippen molar-refractivity contribution in [1.29, 1.82) is 0 Å². The van der Waals surface area contributed by atoms with Crippen molar-refractivity contribution in [3.8, 4) is 11.3 Å². The zero-order chi connectivity index (χ0) is 16.9. The minimum absolute atomic E-state index is 0.0283. The summed E-state index contributed by atoms with van der Waals surface area (Å²) < 4.78 is 0. The highest BCUT2D eigenvalue weighted by molar-refractivity contribution is 7.08. The summed E-state index contributed by atoms with van der Waals surface area (Å²) in [4.78, 5) is 18.8. The fourth-order valence-corrected chi connectivity index (χ4v) is 5.51. The molecule has 1 spiro atoms. The first-order valence-electron chi connectivity index (χ1n) is 8.55. The standard InChI is InChI=1S/C18H18N4OS2/c23-17(14-9-25-11-19-14)22-6-5-18(10-22)4-1-2-13-15(20-21-16(13)18)12-3-7-24-8-12/h3,7-9,11H,1-2,4-6,10H2,(H,20,21). The van der Waals surface area contributed by atoms with Crippen molar-refractivity contribution in [3.63, 3.8) is 0 Å². The van der Waals surface area contributed by atoms with Crippen molar-refractivity contribution in [1.82, 2.24) is 20.1 Å². The van der Waals surface area contributed by atoms with Crippen molar-refractivity contribution in [2.45, 2.75) is 31.1 Å². The summed E-state index contributed by atoms with van der Waals surface area (Å²) in [6.45, 7) is 1.56. The predicted molar refractivity (Wildman–Crippen MR) is 99.2 cm³/mol.